The summed E-state index contributed by atoms with van der Waals surface area (Å²) in [6.45, 7) is 8.78. The Kier molecular flexibility index (Phi) is 6.17. The molecule has 0 aromatic heterocycles. The fourth-order valence-corrected chi connectivity index (χ4v) is 5.66. The van der Waals surface area contributed by atoms with Crippen LogP contribution < -0.4 is 4.90 Å². The summed E-state index contributed by atoms with van der Waals surface area (Å²) in [5, 5.41) is 10.1. The highest BCUT2D eigenvalue weighted by Gasteiger charge is 2.29. The van der Waals surface area contributed by atoms with E-state index >= 15 is 0 Å². The normalized spacial score (nSPS) is 15.1. The van der Waals surface area contributed by atoms with E-state index in [-0.39, 0.29) is 0 Å². The van der Waals surface area contributed by atoms with Gasteiger partial charge in [0.2, 0.25) is 0 Å². The Morgan fingerprint density at radius 1 is 1.00 bits per heavy atom. The van der Waals surface area contributed by atoms with Gasteiger partial charge in [-0.1, -0.05) is 30.3 Å². The van der Waals surface area contributed by atoms with E-state index in [4.69, 9.17) is 0 Å². The first-order valence-corrected chi connectivity index (χ1v) is 11.9. The first-order valence-electron chi connectivity index (χ1n) is 10.7. The van der Waals surface area contributed by atoms with E-state index < -0.39 is 10.8 Å². The van der Waals surface area contributed by atoms with E-state index in [9.17, 15) is 9.32 Å². The largest absolute Gasteiger partial charge is 0.508 e. The molecule has 3 aromatic carbocycles. The highest BCUT2D eigenvalue weighted by molar-refractivity contribution is 7.85. The smallest absolute Gasteiger partial charge is 0.120 e. The number of anilines is 2. The predicted octanol–water partition coefficient (Wildman–Crippen LogP) is 5.46. The number of para-hydroxylation sites is 1. The van der Waals surface area contributed by atoms with Crippen LogP contribution in [0.3, 0.4) is 0 Å². The summed E-state index contributed by atoms with van der Waals surface area (Å²) in [6, 6.07) is 17.8. The minimum Gasteiger partial charge on any atom is -0.508 e. The minimum atomic E-state index is -1.16. The van der Waals surface area contributed by atoms with Crippen LogP contribution in [0.1, 0.15) is 28.7 Å². The zero-order valence-electron chi connectivity index (χ0n) is 18.7. The second-order valence-electron chi connectivity index (χ2n) is 8.47. The van der Waals surface area contributed by atoms with E-state index in [1.165, 1.54) is 16.7 Å². The molecule has 1 aliphatic rings. The Hall–Kier alpha value is -2.63. The van der Waals surface area contributed by atoms with Gasteiger partial charge in [-0.15, -0.1) is 0 Å². The molecule has 1 N–H and O–H groups in total. The Bertz CT molecular complexity index is 1140. The molecule has 0 bridgehead atoms. The molecule has 31 heavy (non-hydrogen) atoms. The quantitative estimate of drug-likeness (QED) is 0.560. The van der Waals surface area contributed by atoms with Crippen LogP contribution in [0.2, 0.25) is 0 Å². The average molecular weight is 435 g/mol. The fraction of sp³-hybridized carbons (Fsp3) is 0.308. The van der Waals surface area contributed by atoms with E-state index in [0.29, 0.717) is 12.3 Å². The highest BCUT2D eigenvalue weighted by atomic mass is 32.2. The van der Waals surface area contributed by atoms with Gasteiger partial charge in [0.15, 0.2) is 0 Å². The topological polar surface area (TPSA) is 43.8 Å². The molecule has 0 saturated heterocycles. The number of aromatic hydroxyl groups is 1. The first-order chi connectivity index (χ1) is 14.9. The third-order valence-corrected chi connectivity index (χ3v) is 7.57. The third kappa shape index (κ3) is 4.25. The Morgan fingerprint density at radius 3 is 2.52 bits per heavy atom. The van der Waals surface area contributed by atoms with Crippen LogP contribution in [0, 0.1) is 20.8 Å². The molecule has 162 valence electrons. The molecule has 0 fully saturated rings. The number of rotatable bonds is 6. The molecule has 4 rings (SSSR count). The SMILES string of the molecule is Cc1ccc2c(c1)N(CCCN(C)Cc1ccccc1O)c1c(ccc(C)c1C)S2=O. The van der Waals surface area contributed by atoms with Crippen molar-refractivity contribution in [2.45, 2.75) is 43.5 Å². The van der Waals surface area contributed by atoms with Crippen LogP contribution in [0.4, 0.5) is 11.4 Å². The fourth-order valence-electron chi connectivity index (χ4n) is 4.24. The van der Waals surface area contributed by atoms with Gasteiger partial charge in [-0.3, -0.25) is 0 Å². The molecule has 4 nitrogen and oxygen atoms in total. The predicted molar refractivity (Wildman–Crippen MR) is 128 cm³/mol. The van der Waals surface area contributed by atoms with Gasteiger partial charge in [0.1, 0.15) is 5.75 Å². The number of phenolic OH excluding ortho intramolecular Hbond substituents is 1. The van der Waals surface area contributed by atoms with Crippen molar-refractivity contribution < 1.29 is 9.32 Å². The van der Waals surface area contributed by atoms with Gasteiger partial charge in [0, 0.05) is 18.7 Å². The zero-order valence-corrected chi connectivity index (χ0v) is 19.5. The number of hydrogen-bond donors (Lipinski definition) is 1. The maximum Gasteiger partial charge on any atom is 0.120 e. The molecule has 0 radical (unpaired) electrons. The molecule has 0 amide bonds. The van der Waals surface area contributed by atoms with Gasteiger partial charge in [-0.25, -0.2) is 4.21 Å². The maximum atomic E-state index is 13.3. The number of aryl methyl sites for hydroxylation is 2. The molecule has 1 aliphatic heterocycles. The van der Waals surface area contributed by atoms with Gasteiger partial charge in [0.25, 0.3) is 0 Å². The monoisotopic (exact) mass is 434 g/mol. The molecule has 1 heterocycles. The van der Waals surface area contributed by atoms with Crippen molar-refractivity contribution in [1.29, 1.82) is 0 Å². The molecule has 1 atom stereocenters. The summed E-state index contributed by atoms with van der Waals surface area (Å²) in [7, 11) is 0.922. The van der Waals surface area contributed by atoms with E-state index in [1.807, 2.05) is 36.4 Å². The summed E-state index contributed by atoms with van der Waals surface area (Å²) in [5.41, 5.74) is 6.68. The number of phenols is 1. The summed E-state index contributed by atoms with van der Waals surface area (Å²) >= 11 is 0. The van der Waals surface area contributed by atoms with Crippen molar-refractivity contribution in [2.24, 2.45) is 0 Å². The zero-order chi connectivity index (χ0) is 22.1. The van der Waals surface area contributed by atoms with Crippen LogP contribution in [0.5, 0.6) is 5.75 Å². The number of nitrogens with zero attached hydrogens (tertiary/aromatic N) is 2. The standard InChI is InChI=1S/C26H30N2O2S/c1-18-10-12-24-22(16-18)28(26-20(3)19(2)11-13-25(26)31(24)30)15-7-14-27(4)17-21-8-5-6-9-23(21)29/h5-6,8-13,16,29H,7,14-15,17H2,1-4H3. The summed E-state index contributed by atoms with van der Waals surface area (Å²) in [6.07, 6.45) is 0.955. The van der Waals surface area contributed by atoms with Crippen molar-refractivity contribution in [3.63, 3.8) is 0 Å². The molecule has 5 heteroatoms. The number of fused-ring (bicyclic) bond motifs is 2. The van der Waals surface area contributed by atoms with Crippen LogP contribution in [-0.4, -0.2) is 34.4 Å². The maximum absolute atomic E-state index is 13.3. The Morgan fingerprint density at radius 2 is 1.74 bits per heavy atom. The molecule has 0 aliphatic carbocycles. The Balaban J connectivity index is 1.57. The van der Waals surface area contributed by atoms with E-state index in [2.05, 4.69) is 49.8 Å². The lowest BCUT2D eigenvalue weighted by molar-refractivity contribution is 0.317. The third-order valence-electron chi connectivity index (χ3n) is 6.09. The summed E-state index contributed by atoms with van der Waals surface area (Å²) < 4.78 is 13.3. The van der Waals surface area contributed by atoms with Crippen LogP contribution in [0.25, 0.3) is 0 Å². The van der Waals surface area contributed by atoms with Crippen LogP contribution in [-0.2, 0) is 17.3 Å². The lowest BCUT2D eigenvalue weighted by Gasteiger charge is -2.35. The van der Waals surface area contributed by atoms with Crippen molar-refractivity contribution in [1.82, 2.24) is 4.90 Å². The highest BCUT2D eigenvalue weighted by Crippen LogP contribution is 2.44. The van der Waals surface area contributed by atoms with Crippen molar-refractivity contribution in [3.05, 3.63) is 76.9 Å². The average Bonchev–Trinajstić information content (AvgIpc) is 2.74. The van der Waals surface area contributed by atoms with Crippen LogP contribution >= 0.6 is 0 Å². The lowest BCUT2D eigenvalue weighted by Crippen LogP contribution is -2.29. The Labute approximate surface area is 187 Å². The first kappa shape index (κ1) is 21.6. The van der Waals surface area contributed by atoms with Gasteiger partial charge < -0.3 is 14.9 Å². The van der Waals surface area contributed by atoms with Gasteiger partial charge in [-0.2, -0.15) is 0 Å². The van der Waals surface area contributed by atoms with Crippen molar-refractivity contribution >= 4 is 22.2 Å². The summed E-state index contributed by atoms with van der Waals surface area (Å²) in [4.78, 5) is 6.39. The van der Waals surface area contributed by atoms with Crippen LogP contribution in [0.15, 0.2) is 64.4 Å². The van der Waals surface area contributed by atoms with Gasteiger partial charge >= 0.3 is 0 Å². The van der Waals surface area contributed by atoms with Gasteiger partial charge in [0.05, 0.1) is 32.0 Å². The minimum absolute atomic E-state index is 0.345. The molecule has 0 spiro atoms. The lowest BCUT2D eigenvalue weighted by atomic mass is 10.1. The summed E-state index contributed by atoms with van der Waals surface area (Å²) in [5.74, 6) is 0.345. The molecular formula is C26H30N2O2S. The second kappa shape index (κ2) is 8.85. The molecule has 0 saturated carbocycles. The van der Waals surface area contributed by atoms with E-state index in [0.717, 1.165) is 46.2 Å². The number of benzene rings is 3. The molecular weight excluding hydrogens is 404 g/mol. The molecule has 3 aromatic rings. The van der Waals surface area contributed by atoms with E-state index in [1.54, 1.807) is 6.07 Å². The van der Waals surface area contributed by atoms with Gasteiger partial charge in [-0.05, 0) is 81.7 Å². The van der Waals surface area contributed by atoms with Crippen molar-refractivity contribution in [2.75, 3.05) is 25.0 Å². The van der Waals surface area contributed by atoms with Crippen molar-refractivity contribution in [3.8, 4) is 5.75 Å². The second-order valence-corrected chi connectivity index (χ2v) is 9.88. The molecule has 1 unspecified atom stereocenters. The number of hydrogen-bond acceptors (Lipinski definition) is 4.